The predicted molar refractivity (Wildman–Crippen MR) is 77.8 cm³/mol. The van der Waals surface area contributed by atoms with Gasteiger partial charge in [-0.3, -0.25) is 4.79 Å². The maximum atomic E-state index is 13.2. The monoisotopic (exact) mass is 290 g/mol. The zero-order valence-electron chi connectivity index (χ0n) is 11.8. The Morgan fingerprint density at radius 1 is 1.14 bits per heavy atom. The SMILES string of the molecule is Cc1ccc(C(=O)NC(C)c2ccc(F)c(F)c2)cc1N. The average molecular weight is 290 g/mol. The standard InChI is InChI=1S/C16H16F2N2O/c1-9-3-4-12(8-15(9)19)16(21)20-10(2)11-5-6-13(17)14(18)7-11/h3-8,10H,19H2,1-2H3,(H,20,21). The summed E-state index contributed by atoms with van der Waals surface area (Å²) in [7, 11) is 0. The first-order valence-corrected chi connectivity index (χ1v) is 6.50. The number of halogens is 2. The average Bonchev–Trinajstić information content (AvgIpc) is 2.44. The lowest BCUT2D eigenvalue weighted by atomic mass is 10.1. The smallest absolute Gasteiger partial charge is 0.251 e. The molecule has 0 saturated heterocycles. The number of benzene rings is 2. The highest BCUT2D eigenvalue weighted by Crippen LogP contribution is 2.18. The van der Waals surface area contributed by atoms with Crippen LogP contribution < -0.4 is 11.1 Å². The van der Waals surface area contributed by atoms with Crippen molar-refractivity contribution >= 4 is 11.6 Å². The molecule has 5 heteroatoms. The molecule has 0 radical (unpaired) electrons. The van der Waals surface area contributed by atoms with Crippen LogP contribution >= 0.6 is 0 Å². The number of anilines is 1. The van der Waals surface area contributed by atoms with Gasteiger partial charge < -0.3 is 11.1 Å². The fraction of sp³-hybridized carbons (Fsp3) is 0.188. The van der Waals surface area contributed by atoms with Gasteiger partial charge in [-0.25, -0.2) is 8.78 Å². The highest BCUT2D eigenvalue weighted by molar-refractivity contribution is 5.95. The van der Waals surface area contributed by atoms with Crippen molar-refractivity contribution in [2.45, 2.75) is 19.9 Å². The van der Waals surface area contributed by atoms with Gasteiger partial charge in [0, 0.05) is 11.3 Å². The van der Waals surface area contributed by atoms with E-state index in [9.17, 15) is 13.6 Å². The summed E-state index contributed by atoms with van der Waals surface area (Å²) < 4.78 is 26.1. The molecule has 1 amide bonds. The molecule has 21 heavy (non-hydrogen) atoms. The Balaban J connectivity index is 2.14. The Morgan fingerprint density at radius 3 is 2.48 bits per heavy atom. The quantitative estimate of drug-likeness (QED) is 0.852. The van der Waals surface area contributed by atoms with E-state index in [0.29, 0.717) is 16.8 Å². The molecule has 0 bridgehead atoms. The Hall–Kier alpha value is -2.43. The number of nitrogen functional groups attached to an aromatic ring is 1. The number of nitrogens with one attached hydrogen (secondary N) is 1. The van der Waals surface area contributed by atoms with E-state index in [0.717, 1.165) is 17.7 Å². The molecular formula is C16H16F2N2O. The van der Waals surface area contributed by atoms with Crippen LogP contribution in [0.4, 0.5) is 14.5 Å². The highest BCUT2D eigenvalue weighted by atomic mass is 19.2. The Labute approximate surface area is 121 Å². The number of carbonyl (C=O) groups excluding carboxylic acids is 1. The van der Waals surface area contributed by atoms with Crippen LogP contribution in [0.2, 0.25) is 0 Å². The molecule has 2 aromatic carbocycles. The number of rotatable bonds is 3. The molecule has 1 unspecified atom stereocenters. The van der Waals surface area contributed by atoms with Gasteiger partial charge in [-0.1, -0.05) is 12.1 Å². The maximum absolute atomic E-state index is 13.2. The third-order valence-corrected chi connectivity index (χ3v) is 3.33. The van der Waals surface area contributed by atoms with Crippen LogP contribution in [0.15, 0.2) is 36.4 Å². The number of nitrogens with two attached hydrogens (primary N) is 1. The minimum Gasteiger partial charge on any atom is -0.398 e. The second kappa shape index (κ2) is 5.91. The Kier molecular flexibility index (Phi) is 4.21. The lowest BCUT2D eigenvalue weighted by molar-refractivity contribution is 0.0940. The Bertz CT molecular complexity index is 686. The fourth-order valence-corrected chi connectivity index (χ4v) is 1.93. The summed E-state index contributed by atoms with van der Waals surface area (Å²) in [6.07, 6.45) is 0. The minimum atomic E-state index is -0.937. The van der Waals surface area contributed by atoms with Gasteiger partial charge in [0.05, 0.1) is 6.04 Å². The summed E-state index contributed by atoms with van der Waals surface area (Å²) >= 11 is 0. The summed E-state index contributed by atoms with van der Waals surface area (Å²) in [6.45, 7) is 3.54. The van der Waals surface area contributed by atoms with Crippen molar-refractivity contribution in [1.82, 2.24) is 5.32 Å². The van der Waals surface area contributed by atoms with Crippen LogP contribution in [0.1, 0.15) is 34.5 Å². The second-order valence-corrected chi connectivity index (χ2v) is 4.94. The van der Waals surface area contributed by atoms with Crippen LogP contribution in [0.3, 0.4) is 0 Å². The molecule has 110 valence electrons. The first-order valence-electron chi connectivity index (χ1n) is 6.50. The minimum absolute atomic E-state index is 0.320. The van der Waals surface area contributed by atoms with E-state index in [2.05, 4.69) is 5.32 Å². The van der Waals surface area contributed by atoms with E-state index in [1.54, 1.807) is 25.1 Å². The van der Waals surface area contributed by atoms with Crippen LogP contribution in [-0.2, 0) is 0 Å². The fourth-order valence-electron chi connectivity index (χ4n) is 1.93. The summed E-state index contributed by atoms with van der Waals surface area (Å²) in [6, 6.07) is 8.11. The maximum Gasteiger partial charge on any atom is 0.251 e. The molecular weight excluding hydrogens is 274 g/mol. The largest absolute Gasteiger partial charge is 0.398 e. The third-order valence-electron chi connectivity index (χ3n) is 3.33. The molecule has 0 aliphatic heterocycles. The number of hydrogen-bond acceptors (Lipinski definition) is 2. The number of carbonyl (C=O) groups is 1. The van der Waals surface area contributed by atoms with Crippen molar-refractivity contribution in [1.29, 1.82) is 0 Å². The predicted octanol–water partition coefficient (Wildman–Crippen LogP) is 3.35. The molecule has 0 spiro atoms. The van der Waals surface area contributed by atoms with Gasteiger partial charge in [0.15, 0.2) is 11.6 Å². The van der Waals surface area contributed by atoms with Crippen molar-refractivity contribution in [3.63, 3.8) is 0 Å². The van der Waals surface area contributed by atoms with E-state index in [-0.39, 0.29) is 5.91 Å². The van der Waals surface area contributed by atoms with E-state index in [4.69, 9.17) is 5.73 Å². The van der Waals surface area contributed by atoms with Gasteiger partial charge in [-0.2, -0.15) is 0 Å². The Morgan fingerprint density at radius 2 is 1.86 bits per heavy atom. The normalized spacial score (nSPS) is 12.0. The van der Waals surface area contributed by atoms with Crippen molar-refractivity contribution in [3.05, 3.63) is 64.7 Å². The van der Waals surface area contributed by atoms with Gasteiger partial charge in [0.2, 0.25) is 0 Å². The molecule has 0 saturated carbocycles. The van der Waals surface area contributed by atoms with Gasteiger partial charge in [-0.15, -0.1) is 0 Å². The molecule has 1 atom stereocenters. The van der Waals surface area contributed by atoms with E-state index < -0.39 is 17.7 Å². The first kappa shape index (κ1) is 15.0. The van der Waals surface area contributed by atoms with Crippen LogP contribution in [0, 0.1) is 18.6 Å². The first-order chi connectivity index (χ1) is 9.88. The van der Waals surface area contributed by atoms with Gasteiger partial charge in [0.25, 0.3) is 5.91 Å². The number of amides is 1. The van der Waals surface area contributed by atoms with Crippen molar-refractivity contribution in [2.24, 2.45) is 0 Å². The van der Waals surface area contributed by atoms with E-state index in [1.807, 2.05) is 6.92 Å². The topological polar surface area (TPSA) is 55.1 Å². The molecule has 3 nitrogen and oxygen atoms in total. The molecule has 3 N–H and O–H groups in total. The molecule has 0 aromatic heterocycles. The molecule has 0 aliphatic rings. The van der Waals surface area contributed by atoms with Gasteiger partial charge >= 0.3 is 0 Å². The molecule has 0 fully saturated rings. The van der Waals surface area contributed by atoms with Crippen LogP contribution in [-0.4, -0.2) is 5.91 Å². The number of aryl methyl sites for hydroxylation is 1. The van der Waals surface area contributed by atoms with E-state index in [1.165, 1.54) is 6.07 Å². The van der Waals surface area contributed by atoms with Gasteiger partial charge in [-0.05, 0) is 49.2 Å². The zero-order chi connectivity index (χ0) is 15.6. The van der Waals surface area contributed by atoms with Crippen molar-refractivity contribution in [3.8, 4) is 0 Å². The number of hydrogen-bond donors (Lipinski definition) is 2. The van der Waals surface area contributed by atoms with Crippen LogP contribution in [0.5, 0.6) is 0 Å². The summed E-state index contributed by atoms with van der Waals surface area (Å²) in [5.41, 5.74) is 8.10. The van der Waals surface area contributed by atoms with Crippen LogP contribution in [0.25, 0.3) is 0 Å². The summed E-state index contributed by atoms with van der Waals surface area (Å²) in [5.74, 6) is -2.17. The summed E-state index contributed by atoms with van der Waals surface area (Å²) in [4.78, 5) is 12.1. The molecule has 2 rings (SSSR count). The highest BCUT2D eigenvalue weighted by Gasteiger charge is 2.13. The second-order valence-electron chi connectivity index (χ2n) is 4.94. The van der Waals surface area contributed by atoms with Crippen molar-refractivity contribution < 1.29 is 13.6 Å². The lowest BCUT2D eigenvalue weighted by Gasteiger charge is -2.15. The molecule has 2 aromatic rings. The molecule has 0 aliphatic carbocycles. The van der Waals surface area contributed by atoms with Crippen molar-refractivity contribution in [2.75, 3.05) is 5.73 Å². The summed E-state index contributed by atoms with van der Waals surface area (Å²) in [5, 5.41) is 2.72. The van der Waals surface area contributed by atoms with E-state index >= 15 is 0 Å². The van der Waals surface area contributed by atoms with Gasteiger partial charge in [0.1, 0.15) is 0 Å². The zero-order valence-corrected chi connectivity index (χ0v) is 11.8. The molecule has 0 heterocycles. The lowest BCUT2D eigenvalue weighted by Crippen LogP contribution is -2.26. The third kappa shape index (κ3) is 3.37.